The van der Waals surface area contributed by atoms with Crippen LogP contribution in [-0.4, -0.2) is 24.0 Å². The first-order chi connectivity index (χ1) is 11.5. The summed E-state index contributed by atoms with van der Waals surface area (Å²) in [4.78, 5) is 9.24. The fourth-order valence-corrected chi connectivity index (χ4v) is 3.12. The zero-order valence-electron chi connectivity index (χ0n) is 15.1. The fourth-order valence-electron chi connectivity index (χ4n) is 2.38. The Labute approximate surface area is 149 Å². The van der Waals surface area contributed by atoms with Crippen LogP contribution in [0.3, 0.4) is 0 Å². The van der Waals surface area contributed by atoms with Gasteiger partial charge >= 0.3 is 0 Å². The molecule has 0 amide bonds. The second kappa shape index (κ2) is 8.83. The minimum Gasteiger partial charge on any atom is -0.357 e. The first-order valence-electron chi connectivity index (χ1n) is 8.56. The van der Waals surface area contributed by atoms with Crippen molar-refractivity contribution in [2.45, 2.75) is 46.1 Å². The Bertz CT molecular complexity index is 646. The van der Waals surface area contributed by atoms with E-state index in [1.54, 1.807) is 11.3 Å². The van der Waals surface area contributed by atoms with E-state index in [4.69, 9.17) is 0 Å². The van der Waals surface area contributed by atoms with Crippen molar-refractivity contribution in [3.05, 3.63) is 52.0 Å². The summed E-state index contributed by atoms with van der Waals surface area (Å²) in [5.74, 6) is 0.840. The maximum absolute atomic E-state index is 4.67. The fraction of sp³-hybridized carbons (Fsp3) is 0.474. The molecule has 0 spiro atoms. The Hall–Kier alpha value is -1.88. The summed E-state index contributed by atoms with van der Waals surface area (Å²) in [6.45, 7) is 11.0. The van der Waals surface area contributed by atoms with Gasteiger partial charge in [-0.3, -0.25) is 0 Å². The number of aromatic nitrogens is 1. The molecular formula is C19H28N4S. The third-order valence-electron chi connectivity index (χ3n) is 3.90. The molecule has 0 saturated heterocycles. The van der Waals surface area contributed by atoms with Gasteiger partial charge in [-0.2, -0.15) is 0 Å². The molecule has 2 rings (SSSR count). The molecule has 0 atom stereocenters. The van der Waals surface area contributed by atoms with Crippen LogP contribution in [0.1, 0.15) is 44.0 Å². The number of benzene rings is 1. The lowest BCUT2D eigenvalue weighted by Gasteiger charge is -2.26. The molecular weight excluding hydrogens is 316 g/mol. The second-order valence-corrected chi connectivity index (χ2v) is 7.33. The topological polar surface area (TPSA) is 49.3 Å². The summed E-state index contributed by atoms with van der Waals surface area (Å²) in [6.07, 6.45) is 0.984. The molecule has 1 aromatic heterocycles. The summed E-state index contributed by atoms with van der Waals surface area (Å²) in [5, 5.41) is 10.0. The van der Waals surface area contributed by atoms with Crippen LogP contribution in [0.2, 0.25) is 0 Å². The Morgan fingerprint density at radius 2 is 1.92 bits per heavy atom. The van der Waals surface area contributed by atoms with Gasteiger partial charge < -0.3 is 10.6 Å². The van der Waals surface area contributed by atoms with Crippen LogP contribution in [0, 0.1) is 0 Å². The number of aliphatic imine (C=N–C) groups is 1. The standard InChI is InChI=1S/C19H28N4S/c1-5-17-23-16(13-24-17)12-21-18(20-6-2)22-14-19(3,4)15-10-8-7-9-11-15/h7-11,13H,5-6,12,14H2,1-4H3,(H2,20,21,22). The van der Waals surface area contributed by atoms with E-state index in [-0.39, 0.29) is 5.41 Å². The molecule has 5 heteroatoms. The number of thiazole rings is 1. The van der Waals surface area contributed by atoms with Crippen molar-refractivity contribution in [3.63, 3.8) is 0 Å². The van der Waals surface area contributed by atoms with Crippen molar-refractivity contribution in [2.75, 3.05) is 13.1 Å². The maximum Gasteiger partial charge on any atom is 0.191 e. The van der Waals surface area contributed by atoms with Crippen molar-refractivity contribution >= 4 is 17.3 Å². The van der Waals surface area contributed by atoms with Crippen LogP contribution in [0.15, 0.2) is 40.7 Å². The highest BCUT2D eigenvalue weighted by molar-refractivity contribution is 7.09. The monoisotopic (exact) mass is 344 g/mol. The van der Waals surface area contributed by atoms with Crippen LogP contribution in [-0.2, 0) is 18.4 Å². The van der Waals surface area contributed by atoms with Crippen LogP contribution in [0.4, 0.5) is 0 Å². The number of rotatable bonds is 7. The molecule has 2 aromatic rings. The number of nitrogens with one attached hydrogen (secondary N) is 2. The van der Waals surface area contributed by atoms with Gasteiger partial charge in [0.05, 0.1) is 17.2 Å². The van der Waals surface area contributed by atoms with E-state index in [0.717, 1.165) is 31.2 Å². The Morgan fingerprint density at radius 3 is 2.54 bits per heavy atom. The van der Waals surface area contributed by atoms with E-state index < -0.39 is 0 Å². The Balaban J connectivity index is 1.98. The molecule has 0 aliphatic rings. The normalized spacial score (nSPS) is 12.2. The molecule has 1 heterocycles. The molecule has 0 fully saturated rings. The largest absolute Gasteiger partial charge is 0.357 e. The highest BCUT2D eigenvalue weighted by Gasteiger charge is 2.20. The van der Waals surface area contributed by atoms with Crippen LogP contribution >= 0.6 is 11.3 Å². The summed E-state index contributed by atoms with van der Waals surface area (Å²) < 4.78 is 0. The number of aryl methyl sites for hydroxylation is 1. The predicted molar refractivity (Wildman–Crippen MR) is 104 cm³/mol. The lowest BCUT2D eigenvalue weighted by Crippen LogP contribution is -2.43. The van der Waals surface area contributed by atoms with Crippen molar-refractivity contribution in [1.29, 1.82) is 0 Å². The van der Waals surface area contributed by atoms with Gasteiger partial charge in [-0.15, -0.1) is 11.3 Å². The third kappa shape index (κ3) is 5.34. The summed E-state index contributed by atoms with van der Waals surface area (Å²) in [5.41, 5.74) is 2.39. The van der Waals surface area contributed by atoms with Crippen molar-refractivity contribution in [1.82, 2.24) is 15.6 Å². The van der Waals surface area contributed by atoms with Crippen LogP contribution < -0.4 is 10.6 Å². The Morgan fingerprint density at radius 1 is 1.17 bits per heavy atom. The zero-order valence-corrected chi connectivity index (χ0v) is 15.9. The molecule has 0 aliphatic carbocycles. The quantitative estimate of drug-likeness (QED) is 0.594. The minimum absolute atomic E-state index is 0.0352. The number of guanidine groups is 1. The first kappa shape index (κ1) is 18.5. The molecule has 2 N–H and O–H groups in total. The van der Waals surface area contributed by atoms with Gasteiger partial charge in [-0.25, -0.2) is 9.98 Å². The van der Waals surface area contributed by atoms with Crippen molar-refractivity contribution in [3.8, 4) is 0 Å². The van der Waals surface area contributed by atoms with Gasteiger partial charge in [0.1, 0.15) is 0 Å². The van der Waals surface area contributed by atoms with E-state index in [1.807, 2.05) is 0 Å². The molecule has 0 bridgehead atoms. The van der Waals surface area contributed by atoms with Gasteiger partial charge in [-0.1, -0.05) is 51.1 Å². The number of hydrogen-bond acceptors (Lipinski definition) is 3. The van der Waals surface area contributed by atoms with Gasteiger partial charge in [0.15, 0.2) is 5.96 Å². The molecule has 0 radical (unpaired) electrons. The maximum atomic E-state index is 4.67. The van der Waals surface area contributed by atoms with E-state index >= 15 is 0 Å². The smallest absolute Gasteiger partial charge is 0.191 e. The average molecular weight is 345 g/mol. The minimum atomic E-state index is 0.0352. The third-order valence-corrected chi connectivity index (χ3v) is 4.94. The molecule has 24 heavy (non-hydrogen) atoms. The van der Waals surface area contributed by atoms with Gasteiger partial charge in [0.25, 0.3) is 0 Å². The lowest BCUT2D eigenvalue weighted by atomic mass is 9.85. The van der Waals surface area contributed by atoms with Crippen molar-refractivity contribution < 1.29 is 0 Å². The highest BCUT2D eigenvalue weighted by Crippen LogP contribution is 2.21. The van der Waals surface area contributed by atoms with Crippen LogP contribution in [0.25, 0.3) is 0 Å². The average Bonchev–Trinajstić information content (AvgIpc) is 3.06. The van der Waals surface area contributed by atoms with Crippen LogP contribution in [0.5, 0.6) is 0 Å². The highest BCUT2D eigenvalue weighted by atomic mass is 32.1. The molecule has 4 nitrogen and oxygen atoms in total. The van der Waals surface area contributed by atoms with Gasteiger partial charge in [-0.05, 0) is 18.9 Å². The summed E-state index contributed by atoms with van der Waals surface area (Å²) in [6, 6.07) is 10.6. The number of nitrogens with zero attached hydrogens (tertiary/aromatic N) is 2. The van der Waals surface area contributed by atoms with E-state index in [9.17, 15) is 0 Å². The first-order valence-corrected chi connectivity index (χ1v) is 9.44. The lowest BCUT2D eigenvalue weighted by molar-refractivity contribution is 0.508. The van der Waals surface area contributed by atoms with Crippen molar-refractivity contribution in [2.24, 2.45) is 4.99 Å². The molecule has 0 unspecified atom stereocenters. The summed E-state index contributed by atoms with van der Waals surface area (Å²) in [7, 11) is 0. The molecule has 0 saturated carbocycles. The molecule has 130 valence electrons. The van der Waals surface area contributed by atoms with Gasteiger partial charge in [0, 0.05) is 23.9 Å². The summed E-state index contributed by atoms with van der Waals surface area (Å²) >= 11 is 1.71. The molecule has 0 aliphatic heterocycles. The predicted octanol–water partition coefficient (Wildman–Crippen LogP) is 3.74. The zero-order chi connectivity index (χ0) is 17.4. The van der Waals surface area contributed by atoms with E-state index in [1.165, 1.54) is 10.6 Å². The second-order valence-electron chi connectivity index (χ2n) is 6.38. The number of hydrogen-bond donors (Lipinski definition) is 2. The molecule has 1 aromatic carbocycles. The van der Waals surface area contributed by atoms with E-state index in [0.29, 0.717) is 6.54 Å². The Kier molecular flexibility index (Phi) is 6.79. The van der Waals surface area contributed by atoms with E-state index in [2.05, 4.69) is 84.0 Å². The SMILES string of the molecule is CCNC(=NCc1csc(CC)n1)NCC(C)(C)c1ccccc1. The van der Waals surface area contributed by atoms with Gasteiger partial charge in [0.2, 0.25) is 0 Å².